The molecule has 0 spiro atoms. The minimum Gasteiger partial charge on any atom is -0.492 e. The Hall–Kier alpha value is -0.860. The van der Waals surface area contributed by atoms with Crippen LogP contribution in [0.3, 0.4) is 0 Å². The summed E-state index contributed by atoms with van der Waals surface area (Å²) in [5, 5.41) is 8.38. The van der Waals surface area contributed by atoms with Crippen molar-refractivity contribution in [3.05, 3.63) is 24.3 Å². The van der Waals surface area contributed by atoms with Gasteiger partial charge in [0.1, 0.15) is 12.4 Å². The fourth-order valence-electron chi connectivity index (χ4n) is 2.22. The standard InChI is InChI=1S/C13H21N3O3S.ClH/c1-11-10-15-6-7-16(11)8-9-19-12-2-4-13(5-3-12)20(14,17)18;/h2-5,11,15H,6-10H2,1H3,(H2,14,17,18);1H/t11-;/m1./s1. The third-order valence-corrected chi connectivity index (χ3v) is 4.37. The van der Waals surface area contributed by atoms with Crippen LogP contribution < -0.4 is 15.2 Å². The minimum atomic E-state index is -3.64. The zero-order chi connectivity index (χ0) is 14.6. The van der Waals surface area contributed by atoms with Crippen LogP contribution in [0, 0.1) is 0 Å². The number of nitrogens with two attached hydrogens (primary N) is 1. The Kier molecular flexibility index (Phi) is 6.89. The number of sulfonamides is 1. The monoisotopic (exact) mass is 335 g/mol. The van der Waals surface area contributed by atoms with Gasteiger partial charge in [-0.05, 0) is 31.2 Å². The van der Waals surface area contributed by atoms with Crippen LogP contribution in [-0.2, 0) is 10.0 Å². The molecule has 1 fully saturated rings. The molecule has 1 atom stereocenters. The van der Waals surface area contributed by atoms with Crippen LogP contribution in [0.1, 0.15) is 6.92 Å². The van der Waals surface area contributed by atoms with Crippen molar-refractivity contribution in [2.75, 3.05) is 32.8 Å². The summed E-state index contributed by atoms with van der Waals surface area (Å²) in [6.45, 7) is 6.66. The zero-order valence-corrected chi connectivity index (χ0v) is 13.6. The fourth-order valence-corrected chi connectivity index (χ4v) is 2.74. The summed E-state index contributed by atoms with van der Waals surface area (Å²) < 4.78 is 27.9. The van der Waals surface area contributed by atoms with Gasteiger partial charge in [-0.2, -0.15) is 0 Å². The summed E-state index contributed by atoms with van der Waals surface area (Å²) in [6.07, 6.45) is 0. The summed E-state index contributed by atoms with van der Waals surface area (Å²) in [4.78, 5) is 2.47. The predicted molar refractivity (Wildman–Crippen MR) is 84.5 cm³/mol. The fraction of sp³-hybridized carbons (Fsp3) is 0.538. The van der Waals surface area contributed by atoms with Gasteiger partial charge < -0.3 is 10.1 Å². The topological polar surface area (TPSA) is 84.7 Å². The third-order valence-electron chi connectivity index (χ3n) is 3.44. The maximum Gasteiger partial charge on any atom is 0.238 e. The lowest BCUT2D eigenvalue weighted by molar-refractivity contribution is 0.143. The van der Waals surface area contributed by atoms with Gasteiger partial charge >= 0.3 is 0 Å². The van der Waals surface area contributed by atoms with Crippen molar-refractivity contribution in [2.24, 2.45) is 5.14 Å². The van der Waals surface area contributed by atoms with Crippen LogP contribution in [0.2, 0.25) is 0 Å². The number of ether oxygens (including phenoxy) is 1. The van der Waals surface area contributed by atoms with Gasteiger partial charge in [0.2, 0.25) is 10.0 Å². The number of hydrogen-bond donors (Lipinski definition) is 2. The van der Waals surface area contributed by atoms with Crippen molar-refractivity contribution in [1.29, 1.82) is 0 Å². The average Bonchev–Trinajstić information content (AvgIpc) is 2.40. The van der Waals surface area contributed by atoms with Crippen molar-refractivity contribution in [1.82, 2.24) is 10.2 Å². The number of nitrogens with one attached hydrogen (secondary N) is 1. The van der Waals surface area contributed by atoms with Gasteiger partial charge in [0.25, 0.3) is 0 Å². The average molecular weight is 336 g/mol. The summed E-state index contributed by atoms with van der Waals surface area (Å²) >= 11 is 0. The van der Waals surface area contributed by atoms with Crippen molar-refractivity contribution in [2.45, 2.75) is 17.9 Å². The highest BCUT2D eigenvalue weighted by atomic mass is 35.5. The Labute approximate surface area is 132 Å². The molecule has 0 saturated carbocycles. The SMILES string of the molecule is C[C@@H]1CNCCN1CCOc1ccc(S(N)(=O)=O)cc1.Cl. The van der Waals surface area contributed by atoms with Gasteiger partial charge in [0.05, 0.1) is 4.90 Å². The van der Waals surface area contributed by atoms with Crippen LogP contribution in [0.5, 0.6) is 5.75 Å². The number of nitrogens with zero attached hydrogens (tertiary/aromatic N) is 1. The molecule has 120 valence electrons. The van der Waals surface area contributed by atoms with E-state index >= 15 is 0 Å². The lowest BCUT2D eigenvalue weighted by Gasteiger charge is -2.33. The number of piperazine rings is 1. The Morgan fingerprint density at radius 3 is 2.62 bits per heavy atom. The Morgan fingerprint density at radius 2 is 2.05 bits per heavy atom. The molecule has 1 heterocycles. The molecule has 0 amide bonds. The van der Waals surface area contributed by atoms with Crippen LogP contribution in [0.4, 0.5) is 0 Å². The number of rotatable bonds is 5. The zero-order valence-electron chi connectivity index (χ0n) is 12.0. The molecule has 1 aliphatic rings. The molecule has 8 heteroatoms. The first-order valence-corrected chi connectivity index (χ1v) is 8.22. The third kappa shape index (κ3) is 5.44. The molecule has 0 radical (unpaired) electrons. The molecule has 3 N–H and O–H groups in total. The lowest BCUT2D eigenvalue weighted by atomic mass is 10.2. The van der Waals surface area contributed by atoms with E-state index < -0.39 is 10.0 Å². The molecule has 0 unspecified atom stereocenters. The molecule has 1 saturated heterocycles. The van der Waals surface area contributed by atoms with E-state index in [1.807, 2.05) is 0 Å². The van der Waals surface area contributed by atoms with E-state index in [2.05, 4.69) is 17.1 Å². The molecule has 1 aromatic rings. The molecule has 1 aliphatic heterocycles. The molecule has 1 aromatic carbocycles. The van der Waals surface area contributed by atoms with Gasteiger partial charge in [-0.3, -0.25) is 4.90 Å². The second-order valence-corrected chi connectivity index (χ2v) is 6.52. The molecule has 0 aliphatic carbocycles. The largest absolute Gasteiger partial charge is 0.492 e. The van der Waals surface area contributed by atoms with Crippen molar-refractivity contribution >= 4 is 22.4 Å². The number of primary sulfonamides is 1. The molecule has 0 aromatic heterocycles. The highest BCUT2D eigenvalue weighted by Gasteiger charge is 2.17. The molecule has 6 nitrogen and oxygen atoms in total. The first-order valence-electron chi connectivity index (χ1n) is 6.67. The van der Waals surface area contributed by atoms with Crippen LogP contribution in [0.25, 0.3) is 0 Å². The quantitative estimate of drug-likeness (QED) is 0.815. The van der Waals surface area contributed by atoms with Gasteiger partial charge in [-0.15, -0.1) is 12.4 Å². The first-order chi connectivity index (χ1) is 9.47. The van der Waals surface area contributed by atoms with E-state index in [-0.39, 0.29) is 17.3 Å². The molecular formula is C13H22ClN3O3S. The maximum atomic E-state index is 11.1. The summed E-state index contributed by atoms with van der Waals surface area (Å²) in [5.74, 6) is 0.653. The summed E-state index contributed by atoms with van der Waals surface area (Å²) in [6, 6.07) is 6.68. The first kappa shape index (κ1) is 18.2. The van der Waals surface area contributed by atoms with E-state index in [1.54, 1.807) is 12.1 Å². The maximum absolute atomic E-state index is 11.1. The molecule has 0 bridgehead atoms. The smallest absolute Gasteiger partial charge is 0.238 e. The highest BCUT2D eigenvalue weighted by molar-refractivity contribution is 7.89. The highest BCUT2D eigenvalue weighted by Crippen LogP contribution is 2.15. The summed E-state index contributed by atoms with van der Waals surface area (Å²) in [7, 11) is -3.64. The second kappa shape index (κ2) is 7.95. The summed E-state index contributed by atoms with van der Waals surface area (Å²) in [5.41, 5.74) is 0. The van der Waals surface area contributed by atoms with Crippen molar-refractivity contribution in [3.63, 3.8) is 0 Å². The van der Waals surface area contributed by atoms with E-state index in [4.69, 9.17) is 9.88 Å². The van der Waals surface area contributed by atoms with E-state index in [0.717, 1.165) is 26.2 Å². The lowest BCUT2D eigenvalue weighted by Crippen LogP contribution is -2.50. The second-order valence-electron chi connectivity index (χ2n) is 4.95. The van der Waals surface area contributed by atoms with E-state index in [9.17, 15) is 8.42 Å². The number of hydrogen-bond acceptors (Lipinski definition) is 5. The van der Waals surface area contributed by atoms with Gasteiger partial charge in [-0.1, -0.05) is 0 Å². The number of benzene rings is 1. The van der Waals surface area contributed by atoms with Gasteiger partial charge in [0.15, 0.2) is 0 Å². The minimum absolute atomic E-state index is 0. The molecular weight excluding hydrogens is 314 g/mol. The molecule has 21 heavy (non-hydrogen) atoms. The Bertz CT molecular complexity index is 536. The Balaban J connectivity index is 0.00000220. The Morgan fingerprint density at radius 1 is 1.38 bits per heavy atom. The predicted octanol–water partition coefficient (Wildman–Crippen LogP) is 0.428. The van der Waals surface area contributed by atoms with Crippen molar-refractivity contribution in [3.8, 4) is 5.75 Å². The van der Waals surface area contributed by atoms with Crippen LogP contribution in [-0.4, -0.2) is 52.1 Å². The van der Waals surface area contributed by atoms with E-state index in [0.29, 0.717) is 18.4 Å². The van der Waals surface area contributed by atoms with Gasteiger partial charge in [0, 0.05) is 32.2 Å². The van der Waals surface area contributed by atoms with Gasteiger partial charge in [-0.25, -0.2) is 13.6 Å². The van der Waals surface area contributed by atoms with Crippen molar-refractivity contribution < 1.29 is 13.2 Å². The number of halogens is 1. The van der Waals surface area contributed by atoms with Crippen LogP contribution >= 0.6 is 12.4 Å². The van der Waals surface area contributed by atoms with Crippen LogP contribution in [0.15, 0.2) is 29.2 Å². The molecule has 2 rings (SSSR count). The normalized spacial score (nSPS) is 19.8. The van der Waals surface area contributed by atoms with E-state index in [1.165, 1.54) is 12.1 Å².